The van der Waals surface area contributed by atoms with Gasteiger partial charge in [-0.1, -0.05) is 48.5 Å². The number of ether oxygens (including phenoxy) is 1. The van der Waals surface area contributed by atoms with E-state index in [4.69, 9.17) is 4.74 Å². The molecule has 0 saturated heterocycles. The third-order valence-corrected chi connectivity index (χ3v) is 7.93. The number of benzene rings is 2. The quantitative estimate of drug-likeness (QED) is 0.243. The Kier molecular flexibility index (Phi) is 7.01. The van der Waals surface area contributed by atoms with E-state index in [1.807, 2.05) is 54.8 Å². The molecule has 2 aliphatic rings. The molecule has 0 radical (unpaired) electrons. The average Bonchev–Trinajstić information content (AvgIpc) is 3.43. The molecule has 1 aliphatic carbocycles. The SMILES string of the molecule is CC1=C(C(=O)OCCc2ccccc2)[C@@H](c2ccc([N+](=O)[O-])cc2)C2=C(C[C@@H](c3cccs3)CC2=O)N1. The number of hydrogen-bond donors (Lipinski definition) is 1. The van der Waals surface area contributed by atoms with Gasteiger partial charge in [-0.15, -0.1) is 11.3 Å². The van der Waals surface area contributed by atoms with Crippen molar-refractivity contribution in [1.29, 1.82) is 0 Å². The molecule has 5 rings (SSSR count). The third-order valence-electron chi connectivity index (χ3n) is 6.90. The maximum absolute atomic E-state index is 13.6. The smallest absolute Gasteiger partial charge is 0.336 e. The number of allylic oxidation sites excluding steroid dienone is 3. The van der Waals surface area contributed by atoms with Crippen molar-refractivity contribution in [1.82, 2.24) is 5.32 Å². The van der Waals surface area contributed by atoms with Gasteiger partial charge in [0.15, 0.2) is 5.78 Å². The van der Waals surface area contributed by atoms with Crippen molar-refractivity contribution in [3.05, 3.63) is 121 Å². The Bertz CT molecular complexity index is 1390. The van der Waals surface area contributed by atoms with Gasteiger partial charge < -0.3 is 10.1 Å². The zero-order valence-corrected chi connectivity index (χ0v) is 21.1. The number of thiophene rings is 1. The summed E-state index contributed by atoms with van der Waals surface area (Å²) < 4.78 is 5.69. The highest BCUT2D eigenvalue weighted by Gasteiger charge is 2.41. The van der Waals surface area contributed by atoms with Gasteiger partial charge in [0, 0.05) is 58.7 Å². The monoisotopic (exact) mass is 514 g/mol. The van der Waals surface area contributed by atoms with Crippen LogP contribution in [0.1, 0.15) is 47.6 Å². The summed E-state index contributed by atoms with van der Waals surface area (Å²) >= 11 is 1.63. The summed E-state index contributed by atoms with van der Waals surface area (Å²) in [4.78, 5) is 38.9. The van der Waals surface area contributed by atoms with E-state index in [1.165, 1.54) is 12.1 Å². The number of nitrogens with zero attached hydrogens (tertiary/aromatic N) is 1. The molecular weight excluding hydrogens is 488 g/mol. The fourth-order valence-corrected chi connectivity index (χ4v) is 5.97. The molecule has 0 spiro atoms. The van der Waals surface area contributed by atoms with Crippen LogP contribution in [0.2, 0.25) is 0 Å². The number of Topliss-reactive ketones (excluding diaryl/α,β-unsaturated/α-hetero) is 1. The van der Waals surface area contributed by atoms with E-state index in [0.29, 0.717) is 41.7 Å². The van der Waals surface area contributed by atoms with E-state index in [2.05, 4.69) is 5.32 Å². The molecule has 1 aliphatic heterocycles. The Morgan fingerprint density at radius 1 is 1.08 bits per heavy atom. The Hall–Kier alpha value is -4.04. The molecule has 1 N–H and O–H groups in total. The van der Waals surface area contributed by atoms with Gasteiger partial charge in [-0.2, -0.15) is 0 Å². The van der Waals surface area contributed by atoms with Gasteiger partial charge in [0.25, 0.3) is 5.69 Å². The highest BCUT2D eigenvalue weighted by atomic mass is 32.1. The van der Waals surface area contributed by atoms with Crippen LogP contribution >= 0.6 is 11.3 Å². The van der Waals surface area contributed by atoms with Crippen molar-refractivity contribution in [3.63, 3.8) is 0 Å². The lowest BCUT2D eigenvalue weighted by molar-refractivity contribution is -0.384. The molecule has 188 valence electrons. The Labute approximate surface area is 218 Å². The van der Waals surface area contributed by atoms with Crippen LogP contribution in [0.25, 0.3) is 0 Å². The Balaban J connectivity index is 1.47. The summed E-state index contributed by atoms with van der Waals surface area (Å²) in [5.74, 6) is -1.11. The molecule has 3 aromatic rings. The molecule has 1 aromatic heterocycles. The Morgan fingerprint density at radius 2 is 1.84 bits per heavy atom. The molecule has 0 fully saturated rings. The number of dihydropyridines is 1. The van der Waals surface area contributed by atoms with Crippen LogP contribution in [0.15, 0.2) is 94.7 Å². The number of nitro benzene ring substituents is 1. The van der Waals surface area contributed by atoms with Gasteiger partial charge in [-0.05, 0) is 35.9 Å². The maximum Gasteiger partial charge on any atom is 0.336 e. The fourth-order valence-electron chi connectivity index (χ4n) is 5.14. The van der Waals surface area contributed by atoms with Gasteiger partial charge in [-0.25, -0.2) is 4.79 Å². The normalized spacial score (nSPS) is 19.3. The van der Waals surface area contributed by atoms with E-state index in [-0.39, 0.29) is 24.0 Å². The first-order chi connectivity index (χ1) is 17.9. The number of non-ortho nitro benzene ring substituents is 1. The van der Waals surface area contributed by atoms with Gasteiger partial charge in [0.1, 0.15) is 0 Å². The highest BCUT2D eigenvalue weighted by molar-refractivity contribution is 7.10. The van der Waals surface area contributed by atoms with Crippen LogP contribution in [0.3, 0.4) is 0 Å². The number of carbonyl (C=O) groups is 2. The number of ketones is 1. The van der Waals surface area contributed by atoms with Crippen molar-refractivity contribution in [2.45, 2.75) is 38.0 Å². The second-order valence-electron chi connectivity index (χ2n) is 9.25. The maximum atomic E-state index is 13.6. The van der Waals surface area contributed by atoms with E-state index < -0.39 is 16.8 Å². The summed E-state index contributed by atoms with van der Waals surface area (Å²) in [5.41, 5.74) is 4.00. The minimum Gasteiger partial charge on any atom is -0.462 e. The molecule has 0 unspecified atom stereocenters. The first kappa shape index (κ1) is 24.6. The average molecular weight is 515 g/mol. The highest BCUT2D eigenvalue weighted by Crippen LogP contribution is 2.46. The number of carbonyl (C=O) groups excluding carboxylic acids is 2. The standard InChI is InChI=1S/C29H26N2O5S/c1-18-26(29(33)36-14-13-19-6-3-2-4-7-19)27(20-9-11-22(12-10-20)31(34)35)28-23(30-18)16-21(17-24(28)32)25-8-5-15-37-25/h2-12,15,21,27,30H,13-14,16-17H2,1H3/t21-,27-/m1/s1. The van der Waals surface area contributed by atoms with Crippen molar-refractivity contribution >= 4 is 28.8 Å². The van der Waals surface area contributed by atoms with Gasteiger partial charge in [0.2, 0.25) is 0 Å². The number of nitro groups is 1. The lowest BCUT2D eigenvalue weighted by Crippen LogP contribution is -2.36. The van der Waals surface area contributed by atoms with Crippen LogP contribution in [0, 0.1) is 10.1 Å². The van der Waals surface area contributed by atoms with E-state index in [1.54, 1.807) is 23.5 Å². The first-order valence-corrected chi connectivity index (χ1v) is 13.0. The molecule has 2 heterocycles. The summed E-state index contributed by atoms with van der Waals surface area (Å²) in [5, 5.41) is 16.6. The van der Waals surface area contributed by atoms with E-state index >= 15 is 0 Å². The lowest BCUT2D eigenvalue weighted by atomic mass is 9.72. The predicted octanol–water partition coefficient (Wildman–Crippen LogP) is 5.80. The molecule has 37 heavy (non-hydrogen) atoms. The van der Waals surface area contributed by atoms with Crippen LogP contribution < -0.4 is 5.32 Å². The molecular formula is C29H26N2O5S. The molecule has 8 heteroatoms. The number of hydrogen-bond acceptors (Lipinski definition) is 7. The first-order valence-electron chi connectivity index (χ1n) is 12.1. The summed E-state index contributed by atoms with van der Waals surface area (Å²) in [7, 11) is 0. The molecule has 0 saturated carbocycles. The van der Waals surface area contributed by atoms with Gasteiger partial charge in [0.05, 0.1) is 17.1 Å². The van der Waals surface area contributed by atoms with Crippen LogP contribution in [-0.4, -0.2) is 23.3 Å². The second kappa shape index (κ2) is 10.5. The topological polar surface area (TPSA) is 98.5 Å². The van der Waals surface area contributed by atoms with Crippen LogP contribution in [-0.2, 0) is 20.7 Å². The third kappa shape index (κ3) is 5.11. The van der Waals surface area contributed by atoms with Crippen LogP contribution in [0.5, 0.6) is 0 Å². The molecule has 0 amide bonds. The molecule has 7 nitrogen and oxygen atoms in total. The summed E-state index contributed by atoms with van der Waals surface area (Å²) in [6.45, 7) is 2.02. The van der Waals surface area contributed by atoms with Gasteiger partial charge >= 0.3 is 5.97 Å². The molecule has 2 atom stereocenters. The summed E-state index contributed by atoms with van der Waals surface area (Å²) in [6.07, 6.45) is 1.57. The zero-order chi connectivity index (χ0) is 25.9. The molecule has 0 bridgehead atoms. The van der Waals surface area contributed by atoms with Gasteiger partial charge in [-0.3, -0.25) is 14.9 Å². The van der Waals surface area contributed by atoms with Crippen molar-refractivity contribution in [2.75, 3.05) is 6.61 Å². The minimum absolute atomic E-state index is 0.0300. The second-order valence-corrected chi connectivity index (χ2v) is 10.2. The largest absolute Gasteiger partial charge is 0.462 e. The number of esters is 1. The van der Waals surface area contributed by atoms with Crippen molar-refractivity contribution in [2.24, 2.45) is 0 Å². The van der Waals surface area contributed by atoms with E-state index in [9.17, 15) is 19.7 Å². The van der Waals surface area contributed by atoms with Crippen molar-refractivity contribution < 1.29 is 19.2 Å². The fraction of sp³-hybridized carbons (Fsp3) is 0.241. The minimum atomic E-state index is -0.655. The number of rotatable bonds is 7. The zero-order valence-electron chi connectivity index (χ0n) is 20.3. The van der Waals surface area contributed by atoms with E-state index in [0.717, 1.165) is 16.1 Å². The Morgan fingerprint density at radius 3 is 2.51 bits per heavy atom. The lowest BCUT2D eigenvalue weighted by Gasteiger charge is -2.36. The predicted molar refractivity (Wildman–Crippen MR) is 141 cm³/mol. The van der Waals surface area contributed by atoms with Crippen molar-refractivity contribution in [3.8, 4) is 0 Å². The molecule has 2 aromatic carbocycles. The van der Waals surface area contributed by atoms with Crippen LogP contribution in [0.4, 0.5) is 5.69 Å². The number of nitrogens with one attached hydrogen (secondary N) is 1. The summed E-state index contributed by atoms with van der Waals surface area (Å²) in [6, 6.07) is 19.9.